The van der Waals surface area contributed by atoms with Crippen molar-refractivity contribution < 1.29 is 14.3 Å². The Bertz CT molecular complexity index is 992. The Kier molecular flexibility index (Phi) is 3.86. The van der Waals surface area contributed by atoms with Crippen LogP contribution in [0.4, 0.5) is 5.69 Å². The second-order valence-corrected chi connectivity index (χ2v) is 5.90. The zero-order valence-corrected chi connectivity index (χ0v) is 13.8. The van der Waals surface area contributed by atoms with Crippen LogP contribution in [0.1, 0.15) is 11.1 Å². The van der Waals surface area contributed by atoms with Gasteiger partial charge in [-0.05, 0) is 52.2 Å². The van der Waals surface area contributed by atoms with Crippen molar-refractivity contribution in [3.8, 4) is 11.5 Å². The fourth-order valence-electron chi connectivity index (χ4n) is 2.87. The van der Waals surface area contributed by atoms with Gasteiger partial charge in [0.2, 0.25) is 0 Å². The molecule has 0 bridgehead atoms. The summed E-state index contributed by atoms with van der Waals surface area (Å²) < 4.78 is 10.6. The summed E-state index contributed by atoms with van der Waals surface area (Å²) in [4.78, 5) is 11.4. The number of nitrogens with one attached hydrogen (secondary N) is 1. The number of anilines is 1. The Balaban J connectivity index is 1.60. The van der Waals surface area contributed by atoms with Crippen molar-refractivity contribution in [3.05, 3.63) is 65.7 Å². The minimum Gasteiger partial charge on any atom is -0.497 e. The lowest BCUT2D eigenvalue weighted by Gasteiger charge is -2.17. The first-order chi connectivity index (χ1) is 12.2. The van der Waals surface area contributed by atoms with Gasteiger partial charge in [0.05, 0.1) is 12.8 Å². The van der Waals surface area contributed by atoms with Gasteiger partial charge in [0.1, 0.15) is 11.5 Å². The van der Waals surface area contributed by atoms with E-state index in [4.69, 9.17) is 9.47 Å². The fraction of sp³-hybridized carbons (Fsp3) is 0.0952. The van der Waals surface area contributed by atoms with Crippen molar-refractivity contribution in [2.45, 2.75) is 0 Å². The molecule has 124 valence electrons. The Hall–Kier alpha value is -3.27. The molecule has 1 N–H and O–H groups in total. The molecule has 0 saturated carbocycles. The van der Waals surface area contributed by atoms with Gasteiger partial charge in [-0.15, -0.1) is 0 Å². The van der Waals surface area contributed by atoms with E-state index in [2.05, 4.69) is 35.7 Å². The standard InChI is InChI=1S/C21H17NO3/c1-24-18-8-7-16-10-14(4-6-17(16)12-18)2-3-15-5-9-20-19(11-15)22-21(23)13-25-20/h2-12H,13H2,1H3,(H,22,23). The highest BCUT2D eigenvalue weighted by Gasteiger charge is 2.15. The Morgan fingerprint density at radius 1 is 0.960 bits per heavy atom. The van der Waals surface area contributed by atoms with Gasteiger partial charge in [-0.1, -0.05) is 36.4 Å². The lowest BCUT2D eigenvalue weighted by Crippen LogP contribution is -2.25. The lowest BCUT2D eigenvalue weighted by molar-refractivity contribution is -0.118. The molecule has 1 amide bonds. The van der Waals surface area contributed by atoms with Gasteiger partial charge in [-0.2, -0.15) is 0 Å². The number of rotatable bonds is 3. The highest BCUT2D eigenvalue weighted by atomic mass is 16.5. The predicted molar refractivity (Wildman–Crippen MR) is 100.0 cm³/mol. The fourth-order valence-corrected chi connectivity index (χ4v) is 2.87. The average molecular weight is 331 g/mol. The van der Waals surface area contributed by atoms with Crippen molar-refractivity contribution in [1.29, 1.82) is 0 Å². The van der Waals surface area contributed by atoms with Crippen molar-refractivity contribution in [2.24, 2.45) is 0 Å². The molecule has 4 heteroatoms. The molecule has 4 rings (SSSR count). The smallest absolute Gasteiger partial charge is 0.262 e. The maximum atomic E-state index is 11.4. The van der Waals surface area contributed by atoms with E-state index < -0.39 is 0 Å². The Morgan fingerprint density at radius 2 is 1.68 bits per heavy atom. The van der Waals surface area contributed by atoms with Crippen LogP contribution in [0.5, 0.6) is 11.5 Å². The lowest BCUT2D eigenvalue weighted by atomic mass is 10.1. The molecule has 1 heterocycles. The molecular formula is C21H17NO3. The molecule has 4 nitrogen and oxygen atoms in total. The van der Waals surface area contributed by atoms with E-state index in [1.165, 1.54) is 0 Å². The van der Waals surface area contributed by atoms with E-state index in [1.54, 1.807) is 7.11 Å². The highest BCUT2D eigenvalue weighted by molar-refractivity contribution is 5.96. The van der Waals surface area contributed by atoms with Crippen LogP contribution in [0.15, 0.2) is 54.6 Å². The molecule has 0 atom stereocenters. The van der Waals surface area contributed by atoms with Crippen LogP contribution < -0.4 is 14.8 Å². The van der Waals surface area contributed by atoms with E-state index in [-0.39, 0.29) is 12.5 Å². The van der Waals surface area contributed by atoms with Gasteiger partial charge in [0.15, 0.2) is 6.61 Å². The van der Waals surface area contributed by atoms with Gasteiger partial charge >= 0.3 is 0 Å². The quantitative estimate of drug-likeness (QED) is 0.726. The molecule has 0 spiro atoms. The summed E-state index contributed by atoms with van der Waals surface area (Å²) in [7, 11) is 1.67. The molecular weight excluding hydrogens is 314 g/mol. The molecule has 0 radical (unpaired) electrons. The topological polar surface area (TPSA) is 47.6 Å². The summed E-state index contributed by atoms with van der Waals surface area (Å²) >= 11 is 0. The maximum absolute atomic E-state index is 11.4. The third kappa shape index (κ3) is 3.19. The number of amides is 1. The van der Waals surface area contributed by atoms with Crippen molar-refractivity contribution in [3.63, 3.8) is 0 Å². The van der Waals surface area contributed by atoms with Crippen LogP contribution in [-0.4, -0.2) is 19.6 Å². The van der Waals surface area contributed by atoms with E-state index in [1.807, 2.05) is 36.4 Å². The number of carbonyl (C=O) groups is 1. The highest BCUT2D eigenvalue weighted by Crippen LogP contribution is 2.29. The number of hydrogen-bond acceptors (Lipinski definition) is 3. The molecule has 0 fully saturated rings. The molecule has 1 aliphatic rings. The summed E-state index contributed by atoms with van der Waals surface area (Å²) in [6.07, 6.45) is 4.07. The minimum absolute atomic E-state index is 0.0735. The van der Waals surface area contributed by atoms with Crippen LogP contribution in [-0.2, 0) is 4.79 Å². The Labute approximate surface area is 145 Å². The van der Waals surface area contributed by atoms with Crippen molar-refractivity contribution >= 4 is 34.5 Å². The van der Waals surface area contributed by atoms with E-state index >= 15 is 0 Å². The summed E-state index contributed by atoms with van der Waals surface area (Å²) in [5, 5.41) is 5.13. The van der Waals surface area contributed by atoms with Gasteiger partial charge in [-0.25, -0.2) is 0 Å². The number of carbonyl (C=O) groups excluding carboxylic acids is 1. The number of methoxy groups -OCH3 is 1. The summed E-state index contributed by atoms with van der Waals surface area (Å²) in [6.45, 7) is 0.0735. The summed E-state index contributed by atoms with van der Waals surface area (Å²) in [6, 6.07) is 18.1. The van der Waals surface area contributed by atoms with E-state index in [9.17, 15) is 4.79 Å². The van der Waals surface area contributed by atoms with Gasteiger partial charge in [0, 0.05) is 0 Å². The van der Waals surface area contributed by atoms with Crippen LogP contribution >= 0.6 is 0 Å². The third-order valence-corrected chi connectivity index (χ3v) is 4.18. The summed E-state index contributed by atoms with van der Waals surface area (Å²) in [5.41, 5.74) is 2.82. The number of benzene rings is 3. The SMILES string of the molecule is COc1ccc2cc(C=Cc3ccc4c(c3)NC(=O)CO4)ccc2c1. The van der Waals surface area contributed by atoms with Gasteiger partial charge < -0.3 is 14.8 Å². The normalized spacial score (nSPS) is 13.4. The maximum Gasteiger partial charge on any atom is 0.262 e. The van der Waals surface area contributed by atoms with Crippen LogP contribution in [0, 0.1) is 0 Å². The number of fused-ring (bicyclic) bond motifs is 2. The third-order valence-electron chi connectivity index (χ3n) is 4.18. The van der Waals surface area contributed by atoms with E-state index in [0.717, 1.165) is 27.6 Å². The Morgan fingerprint density at radius 3 is 2.52 bits per heavy atom. The van der Waals surface area contributed by atoms with Crippen LogP contribution in [0.2, 0.25) is 0 Å². The largest absolute Gasteiger partial charge is 0.497 e. The molecule has 3 aromatic rings. The number of hydrogen-bond donors (Lipinski definition) is 1. The average Bonchev–Trinajstić information content (AvgIpc) is 2.65. The molecule has 3 aromatic carbocycles. The second-order valence-electron chi connectivity index (χ2n) is 5.90. The van der Waals surface area contributed by atoms with Crippen LogP contribution in [0.25, 0.3) is 22.9 Å². The van der Waals surface area contributed by atoms with Gasteiger partial charge in [0.25, 0.3) is 5.91 Å². The van der Waals surface area contributed by atoms with Crippen molar-refractivity contribution in [2.75, 3.05) is 19.0 Å². The predicted octanol–water partition coefficient (Wildman–Crippen LogP) is 4.35. The number of ether oxygens (including phenoxy) is 2. The molecule has 25 heavy (non-hydrogen) atoms. The van der Waals surface area contributed by atoms with Crippen LogP contribution in [0.3, 0.4) is 0 Å². The van der Waals surface area contributed by atoms with Gasteiger partial charge in [-0.3, -0.25) is 4.79 Å². The molecule has 0 aromatic heterocycles. The molecule has 0 saturated heterocycles. The zero-order chi connectivity index (χ0) is 17.2. The first-order valence-electron chi connectivity index (χ1n) is 8.04. The summed E-state index contributed by atoms with van der Waals surface area (Å²) in [5.74, 6) is 1.43. The monoisotopic (exact) mass is 331 g/mol. The van der Waals surface area contributed by atoms with Crippen molar-refractivity contribution in [1.82, 2.24) is 0 Å². The molecule has 1 aliphatic heterocycles. The van der Waals surface area contributed by atoms with E-state index in [0.29, 0.717) is 11.4 Å². The minimum atomic E-state index is -0.126. The first-order valence-corrected chi connectivity index (χ1v) is 8.04. The second kappa shape index (κ2) is 6.32. The molecule has 0 unspecified atom stereocenters. The zero-order valence-electron chi connectivity index (χ0n) is 13.8. The molecule has 0 aliphatic carbocycles. The first kappa shape index (κ1) is 15.3.